The molecule has 1 N–H and O–H groups in total. The second-order valence-corrected chi connectivity index (χ2v) is 8.13. The van der Waals surface area contributed by atoms with Crippen molar-refractivity contribution in [1.82, 2.24) is 10.2 Å². The number of rotatable bonds is 8. The van der Waals surface area contributed by atoms with Crippen LogP contribution in [0.15, 0.2) is 72.1 Å². The van der Waals surface area contributed by atoms with Gasteiger partial charge >= 0.3 is 0 Å². The van der Waals surface area contributed by atoms with Crippen LogP contribution >= 0.6 is 11.3 Å². The van der Waals surface area contributed by atoms with Gasteiger partial charge in [-0.3, -0.25) is 9.69 Å². The van der Waals surface area contributed by atoms with Crippen LogP contribution in [0.5, 0.6) is 0 Å². The first-order valence-electron chi connectivity index (χ1n) is 9.56. The number of carbonyl (C=O) groups is 1. The fourth-order valence-corrected chi connectivity index (χ4v) is 4.21. The number of nitrogens with zero attached hydrogens (tertiary/aromatic N) is 1. The van der Waals surface area contributed by atoms with Gasteiger partial charge in [-0.2, -0.15) is 0 Å². The van der Waals surface area contributed by atoms with Gasteiger partial charge in [0.15, 0.2) is 0 Å². The van der Waals surface area contributed by atoms with Crippen molar-refractivity contribution in [3.05, 3.63) is 93.9 Å². The van der Waals surface area contributed by atoms with E-state index < -0.39 is 0 Å². The molecule has 2 aromatic carbocycles. The number of benzene rings is 2. The molecule has 0 unspecified atom stereocenters. The molecule has 0 saturated heterocycles. The predicted molar refractivity (Wildman–Crippen MR) is 111 cm³/mol. The minimum atomic E-state index is -0.214. The van der Waals surface area contributed by atoms with Gasteiger partial charge in [-0.05, 0) is 35.9 Å². The van der Waals surface area contributed by atoms with E-state index in [2.05, 4.69) is 10.2 Å². The van der Waals surface area contributed by atoms with Crippen LogP contribution in [0, 0.1) is 5.82 Å². The number of amides is 1. The summed E-state index contributed by atoms with van der Waals surface area (Å²) in [5.41, 5.74) is 1.70. The van der Waals surface area contributed by atoms with E-state index in [4.69, 9.17) is 0 Å². The molecule has 28 heavy (non-hydrogen) atoms. The van der Waals surface area contributed by atoms with Crippen LogP contribution in [0.4, 0.5) is 4.39 Å². The van der Waals surface area contributed by atoms with Crippen molar-refractivity contribution in [2.75, 3.05) is 6.54 Å². The smallest absolute Gasteiger partial charge is 0.234 e. The molecule has 0 aliphatic heterocycles. The van der Waals surface area contributed by atoms with Crippen LogP contribution in [-0.2, 0) is 11.3 Å². The highest BCUT2D eigenvalue weighted by Gasteiger charge is 2.31. The highest BCUT2D eigenvalue weighted by Crippen LogP contribution is 2.29. The quantitative estimate of drug-likeness (QED) is 0.598. The predicted octanol–water partition coefficient (Wildman–Crippen LogP) is 4.76. The summed E-state index contributed by atoms with van der Waals surface area (Å²) >= 11 is 1.63. The first kappa shape index (κ1) is 18.8. The molecule has 5 heteroatoms. The molecular weight excluding hydrogens is 371 g/mol. The molecule has 1 fully saturated rings. The van der Waals surface area contributed by atoms with Gasteiger partial charge in [0.25, 0.3) is 0 Å². The number of halogens is 1. The van der Waals surface area contributed by atoms with Gasteiger partial charge in [-0.15, -0.1) is 11.3 Å². The van der Waals surface area contributed by atoms with E-state index in [1.54, 1.807) is 23.5 Å². The number of hydrogen-bond donors (Lipinski definition) is 1. The minimum Gasteiger partial charge on any atom is -0.343 e. The van der Waals surface area contributed by atoms with Gasteiger partial charge in [0, 0.05) is 23.0 Å². The van der Waals surface area contributed by atoms with E-state index in [0.29, 0.717) is 18.2 Å². The van der Waals surface area contributed by atoms with Crippen molar-refractivity contribution in [2.24, 2.45) is 0 Å². The van der Waals surface area contributed by atoms with Crippen LogP contribution in [0.1, 0.15) is 34.9 Å². The van der Waals surface area contributed by atoms with Gasteiger partial charge in [0.05, 0.1) is 12.6 Å². The Balaban J connectivity index is 1.47. The minimum absolute atomic E-state index is 0.0366. The van der Waals surface area contributed by atoms with Crippen molar-refractivity contribution in [3.8, 4) is 0 Å². The zero-order valence-corrected chi connectivity index (χ0v) is 16.4. The summed E-state index contributed by atoms with van der Waals surface area (Å²) in [7, 11) is 0. The largest absolute Gasteiger partial charge is 0.343 e. The average Bonchev–Trinajstić information content (AvgIpc) is 3.42. The number of nitrogens with one attached hydrogen (secondary N) is 1. The van der Waals surface area contributed by atoms with Crippen LogP contribution in [0.2, 0.25) is 0 Å². The van der Waals surface area contributed by atoms with Gasteiger partial charge < -0.3 is 5.32 Å². The highest BCUT2D eigenvalue weighted by atomic mass is 32.1. The van der Waals surface area contributed by atoms with E-state index in [-0.39, 0.29) is 24.3 Å². The molecule has 1 aliphatic carbocycles. The maximum Gasteiger partial charge on any atom is 0.234 e. The zero-order chi connectivity index (χ0) is 19.3. The summed E-state index contributed by atoms with van der Waals surface area (Å²) in [6.07, 6.45) is 2.13. The Bertz CT molecular complexity index is 909. The third kappa shape index (κ3) is 4.66. The summed E-state index contributed by atoms with van der Waals surface area (Å²) in [6.45, 7) is 0.730. The van der Waals surface area contributed by atoms with Gasteiger partial charge in [0.1, 0.15) is 5.82 Å². The molecule has 0 radical (unpaired) electrons. The van der Waals surface area contributed by atoms with Crippen LogP contribution in [-0.4, -0.2) is 23.4 Å². The molecule has 1 heterocycles. The van der Waals surface area contributed by atoms with Gasteiger partial charge in [0.2, 0.25) is 5.91 Å². The van der Waals surface area contributed by atoms with Crippen molar-refractivity contribution in [1.29, 1.82) is 0 Å². The van der Waals surface area contributed by atoms with Crippen molar-refractivity contribution < 1.29 is 9.18 Å². The first-order chi connectivity index (χ1) is 13.7. The molecule has 144 valence electrons. The van der Waals surface area contributed by atoms with Crippen LogP contribution in [0.25, 0.3) is 0 Å². The van der Waals surface area contributed by atoms with Crippen molar-refractivity contribution in [3.63, 3.8) is 0 Å². The van der Waals surface area contributed by atoms with E-state index in [1.807, 2.05) is 53.9 Å². The zero-order valence-electron chi connectivity index (χ0n) is 15.6. The second kappa shape index (κ2) is 8.67. The highest BCUT2D eigenvalue weighted by molar-refractivity contribution is 7.10. The molecule has 1 atom stereocenters. The lowest BCUT2D eigenvalue weighted by atomic mass is 10.1. The summed E-state index contributed by atoms with van der Waals surface area (Å²) < 4.78 is 14.1. The van der Waals surface area contributed by atoms with Gasteiger partial charge in [-0.25, -0.2) is 4.39 Å². The Morgan fingerprint density at radius 2 is 1.82 bits per heavy atom. The maximum atomic E-state index is 14.1. The third-order valence-corrected chi connectivity index (χ3v) is 5.94. The van der Waals surface area contributed by atoms with Crippen molar-refractivity contribution >= 4 is 17.2 Å². The molecule has 1 saturated carbocycles. The third-order valence-electron chi connectivity index (χ3n) is 5.01. The SMILES string of the molecule is O=C(CN(Cc1ccccc1F)C1CC1)N[C@H](c1ccccc1)c1cccs1. The molecule has 0 spiro atoms. The monoisotopic (exact) mass is 394 g/mol. The van der Waals surface area contributed by atoms with Crippen molar-refractivity contribution in [2.45, 2.75) is 31.5 Å². The molecule has 1 amide bonds. The Morgan fingerprint density at radius 3 is 2.50 bits per heavy atom. The summed E-state index contributed by atoms with van der Waals surface area (Å²) in [4.78, 5) is 16.1. The molecule has 4 rings (SSSR count). The molecule has 0 bridgehead atoms. The lowest BCUT2D eigenvalue weighted by Gasteiger charge is -2.24. The Morgan fingerprint density at radius 1 is 1.07 bits per heavy atom. The lowest BCUT2D eigenvalue weighted by molar-refractivity contribution is -0.123. The molecule has 3 aromatic rings. The fourth-order valence-electron chi connectivity index (χ4n) is 3.41. The maximum absolute atomic E-state index is 14.1. The Kier molecular flexibility index (Phi) is 5.84. The van der Waals surface area contributed by atoms with E-state index in [1.165, 1.54) is 6.07 Å². The number of carbonyl (C=O) groups excluding carboxylic acids is 1. The second-order valence-electron chi connectivity index (χ2n) is 7.15. The Hall–Kier alpha value is -2.50. The molecular formula is C23H23FN2OS. The summed E-state index contributed by atoms with van der Waals surface area (Å²) in [5.74, 6) is -0.250. The Labute approximate surface area is 168 Å². The topological polar surface area (TPSA) is 32.3 Å². The number of hydrogen-bond acceptors (Lipinski definition) is 3. The van der Waals surface area contributed by atoms with E-state index >= 15 is 0 Å². The first-order valence-corrected chi connectivity index (χ1v) is 10.4. The summed E-state index contributed by atoms with van der Waals surface area (Å²) in [6, 6.07) is 21.0. The van der Waals surface area contributed by atoms with E-state index in [0.717, 1.165) is 23.3 Å². The molecule has 1 aliphatic rings. The van der Waals surface area contributed by atoms with E-state index in [9.17, 15) is 9.18 Å². The average molecular weight is 395 g/mol. The standard InChI is InChI=1S/C23H23FN2OS/c24-20-10-5-4-9-18(20)15-26(19-12-13-19)16-22(27)25-23(21-11-6-14-28-21)17-7-2-1-3-8-17/h1-11,14,19,23H,12-13,15-16H2,(H,25,27)/t23-/m1/s1. The molecule has 1 aromatic heterocycles. The molecule has 3 nitrogen and oxygen atoms in total. The fraction of sp³-hybridized carbons (Fsp3) is 0.261. The van der Waals surface area contributed by atoms with Gasteiger partial charge in [-0.1, -0.05) is 54.6 Å². The summed E-state index contributed by atoms with van der Waals surface area (Å²) in [5, 5.41) is 5.21. The number of thiophene rings is 1. The normalized spacial score (nSPS) is 14.8. The van der Waals surface area contributed by atoms with Crippen LogP contribution in [0.3, 0.4) is 0 Å². The van der Waals surface area contributed by atoms with Crippen LogP contribution < -0.4 is 5.32 Å². The lowest BCUT2D eigenvalue weighted by Crippen LogP contribution is -2.40.